The van der Waals surface area contributed by atoms with Gasteiger partial charge in [0, 0.05) is 16.3 Å². The lowest BCUT2D eigenvalue weighted by molar-refractivity contribution is 1.44. The number of nitrogens with zero attached hydrogens (tertiary/aromatic N) is 1. The molecule has 0 aliphatic heterocycles. The molecule has 1 aliphatic rings. The number of pyridine rings is 1. The summed E-state index contributed by atoms with van der Waals surface area (Å²) in [6.45, 7) is 0. The first-order valence-corrected chi connectivity index (χ1v) is 15.4. The van der Waals surface area contributed by atoms with E-state index >= 15 is 0 Å². The van der Waals surface area contributed by atoms with Crippen LogP contribution in [0.1, 0.15) is 0 Å². The SMILES string of the molecule is c1ccc2c(c1)-c1ccccc1-c1cccc(-c3ccc(-c4ccc5sc6cccnc6c5c4)cc3)c1-c1ccccc1-2. The standard InChI is InChI=1S/C41H25NS/c1-2-10-31-30(9-1)32-11-3-4-12-34(32)36-16-7-15-29(40(36)35-14-6-5-13-33(31)35)27-20-18-26(19-21-27)28-22-23-38-37(25-28)41-39(43-38)17-8-24-42-41/h1-25H. The highest BCUT2D eigenvalue weighted by molar-refractivity contribution is 7.25. The average Bonchev–Trinajstić information content (AvgIpc) is 3.45. The van der Waals surface area contributed by atoms with Gasteiger partial charge in [-0.2, -0.15) is 0 Å². The van der Waals surface area contributed by atoms with E-state index in [1.807, 2.05) is 12.3 Å². The Balaban J connectivity index is 1.23. The fourth-order valence-electron chi connectivity index (χ4n) is 6.77. The molecule has 0 radical (unpaired) electrons. The second kappa shape index (κ2) is 9.62. The van der Waals surface area contributed by atoms with E-state index in [0.717, 1.165) is 5.52 Å². The lowest BCUT2D eigenvalue weighted by Crippen LogP contribution is -1.98. The summed E-state index contributed by atoms with van der Waals surface area (Å²) in [5.74, 6) is 0. The van der Waals surface area contributed by atoms with Crippen molar-refractivity contribution in [2.24, 2.45) is 0 Å². The predicted molar refractivity (Wildman–Crippen MR) is 183 cm³/mol. The Morgan fingerprint density at radius 1 is 0.372 bits per heavy atom. The number of benzene rings is 6. The van der Waals surface area contributed by atoms with Crippen molar-refractivity contribution in [3.05, 3.63) is 152 Å². The Morgan fingerprint density at radius 2 is 0.907 bits per heavy atom. The van der Waals surface area contributed by atoms with Gasteiger partial charge >= 0.3 is 0 Å². The molecule has 9 rings (SSSR count). The van der Waals surface area contributed by atoms with Crippen LogP contribution in [-0.4, -0.2) is 4.98 Å². The summed E-state index contributed by atoms with van der Waals surface area (Å²) in [7, 11) is 0. The van der Waals surface area contributed by atoms with Crippen LogP contribution < -0.4 is 0 Å². The zero-order chi connectivity index (χ0) is 28.3. The minimum Gasteiger partial charge on any atom is -0.255 e. The minimum absolute atomic E-state index is 1.09. The van der Waals surface area contributed by atoms with Gasteiger partial charge in [0.2, 0.25) is 0 Å². The maximum Gasteiger partial charge on any atom is 0.0888 e. The monoisotopic (exact) mass is 563 g/mol. The van der Waals surface area contributed by atoms with Crippen LogP contribution in [0.5, 0.6) is 0 Å². The first-order valence-electron chi connectivity index (χ1n) is 14.6. The first-order chi connectivity index (χ1) is 21.3. The smallest absolute Gasteiger partial charge is 0.0888 e. The van der Waals surface area contributed by atoms with Crippen molar-refractivity contribution in [3.63, 3.8) is 0 Å². The summed E-state index contributed by atoms with van der Waals surface area (Å²) in [6, 6.07) is 53.3. The van der Waals surface area contributed by atoms with Crippen molar-refractivity contribution in [2.45, 2.75) is 0 Å². The summed E-state index contributed by atoms with van der Waals surface area (Å²) in [5, 5.41) is 1.22. The summed E-state index contributed by atoms with van der Waals surface area (Å²) in [6.07, 6.45) is 1.88. The zero-order valence-corrected chi connectivity index (χ0v) is 24.1. The van der Waals surface area contributed by atoms with E-state index in [9.17, 15) is 0 Å². The molecule has 0 amide bonds. The Hall–Kier alpha value is -5.31. The van der Waals surface area contributed by atoms with Crippen LogP contribution in [0.15, 0.2) is 152 Å². The molecule has 2 heteroatoms. The van der Waals surface area contributed by atoms with Gasteiger partial charge in [-0.15, -0.1) is 11.3 Å². The molecule has 0 N–H and O–H groups in total. The maximum atomic E-state index is 4.67. The molecular formula is C41H25NS. The van der Waals surface area contributed by atoms with Crippen LogP contribution in [0.3, 0.4) is 0 Å². The molecule has 6 aromatic carbocycles. The van der Waals surface area contributed by atoms with E-state index in [-0.39, 0.29) is 0 Å². The third-order valence-electron chi connectivity index (χ3n) is 8.74. The molecule has 8 aromatic rings. The van der Waals surface area contributed by atoms with Gasteiger partial charge in [0.15, 0.2) is 0 Å². The average molecular weight is 564 g/mol. The molecule has 1 aliphatic carbocycles. The van der Waals surface area contributed by atoms with Gasteiger partial charge in [0.05, 0.1) is 10.2 Å². The Kier molecular flexibility index (Phi) is 5.44. The fourth-order valence-corrected chi connectivity index (χ4v) is 7.81. The third kappa shape index (κ3) is 3.81. The van der Waals surface area contributed by atoms with Crippen molar-refractivity contribution in [1.29, 1.82) is 0 Å². The molecule has 200 valence electrons. The van der Waals surface area contributed by atoms with Crippen LogP contribution in [0, 0.1) is 0 Å². The highest BCUT2D eigenvalue weighted by Gasteiger charge is 2.23. The normalized spacial score (nSPS) is 11.7. The van der Waals surface area contributed by atoms with Gasteiger partial charge < -0.3 is 0 Å². The summed E-state index contributed by atoms with van der Waals surface area (Å²) < 4.78 is 2.51. The molecule has 0 unspecified atom stereocenters. The molecule has 1 nitrogen and oxygen atoms in total. The molecule has 0 spiro atoms. The number of thiophene rings is 1. The Morgan fingerprint density at radius 3 is 1.60 bits per heavy atom. The molecular weight excluding hydrogens is 539 g/mol. The summed E-state index contributed by atoms with van der Waals surface area (Å²) >= 11 is 1.80. The van der Waals surface area contributed by atoms with Gasteiger partial charge in [-0.05, 0) is 91.0 Å². The van der Waals surface area contributed by atoms with Gasteiger partial charge in [0.25, 0.3) is 0 Å². The quantitative estimate of drug-likeness (QED) is 0.204. The van der Waals surface area contributed by atoms with E-state index < -0.39 is 0 Å². The van der Waals surface area contributed by atoms with Crippen molar-refractivity contribution in [1.82, 2.24) is 4.98 Å². The topological polar surface area (TPSA) is 12.9 Å². The number of fused-ring (bicyclic) bond motifs is 11. The van der Waals surface area contributed by atoms with Crippen molar-refractivity contribution >= 4 is 31.6 Å². The van der Waals surface area contributed by atoms with Crippen molar-refractivity contribution in [2.75, 3.05) is 0 Å². The lowest BCUT2D eigenvalue weighted by Gasteiger charge is -2.25. The van der Waals surface area contributed by atoms with E-state index in [2.05, 4.69) is 145 Å². The number of rotatable bonds is 2. The third-order valence-corrected chi connectivity index (χ3v) is 9.87. The molecule has 2 aromatic heterocycles. The molecule has 43 heavy (non-hydrogen) atoms. The number of hydrogen-bond acceptors (Lipinski definition) is 2. The van der Waals surface area contributed by atoms with Crippen LogP contribution in [-0.2, 0) is 0 Å². The van der Waals surface area contributed by atoms with E-state index in [0.29, 0.717) is 0 Å². The van der Waals surface area contributed by atoms with E-state index in [1.165, 1.54) is 81.5 Å². The predicted octanol–water partition coefficient (Wildman–Crippen LogP) is 11.8. The second-order valence-electron chi connectivity index (χ2n) is 11.1. The largest absolute Gasteiger partial charge is 0.255 e. The number of aromatic nitrogens is 1. The van der Waals surface area contributed by atoms with E-state index in [4.69, 9.17) is 0 Å². The van der Waals surface area contributed by atoms with Gasteiger partial charge in [-0.3, -0.25) is 4.98 Å². The summed E-state index contributed by atoms with van der Waals surface area (Å²) in [4.78, 5) is 4.67. The van der Waals surface area contributed by atoms with E-state index in [1.54, 1.807) is 11.3 Å². The van der Waals surface area contributed by atoms with Crippen molar-refractivity contribution in [3.8, 4) is 66.8 Å². The highest BCUT2D eigenvalue weighted by Crippen LogP contribution is 2.50. The number of hydrogen-bond donors (Lipinski definition) is 0. The molecule has 0 fully saturated rings. The molecule has 0 bridgehead atoms. The minimum atomic E-state index is 1.09. The summed E-state index contributed by atoms with van der Waals surface area (Å²) in [5.41, 5.74) is 16.1. The second-order valence-corrected chi connectivity index (χ2v) is 12.2. The van der Waals surface area contributed by atoms with Gasteiger partial charge in [-0.1, -0.05) is 121 Å². The van der Waals surface area contributed by atoms with Crippen LogP contribution in [0.4, 0.5) is 0 Å². The van der Waals surface area contributed by atoms with Crippen molar-refractivity contribution < 1.29 is 0 Å². The lowest BCUT2D eigenvalue weighted by atomic mass is 9.78. The molecule has 0 saturated heterocycles. The van der Waals surface area contributed by atoms with Crippen LogP contribution >= 0.6 is 11.3 Å². The fraction of sp³-hybridized carbons (Fsp3) is 0. The van der Waals surface area contributed by atoms with Gasteiger partial charge in [0.1, 0.15) is 0 Å². The highest BCUT2D eigenvalue weighted by atomic mass is 32.1. The van der Waals surface area contributed by atoms with Crippen LogP contribution in [0.2, 0.25) is 0 Å². The first kappa shape index (κ1) is 24.3. The van der Waals surface area contributed by atoms with Crippen LogP contribution in [0.25, 0.3) is 87.1 Å². The molecule has 2 heterocycles. The Bertz CT molecular complexity index is 2340. The van der Waals surface area contributed by atoms with Gasteiger partial charge in [-0.25, -0.2) is 0 Å². The zero-order valence-electron chi connectivity index (χ0n) is 23.3. The Labute approximate surface area is 254 Å². The molecule has 0 atom stereocenters. The molecule has 0 saturated carbocycles. The maximum absolute atomic E-state index is 4.67.